The van der Waals surface area contributed by atoms with Crippen LogP contribution in [0.15, 0.2) is 53.6 Å². The Labute approximate surface area is 233 Å². The molecule has 0 fully saturated rings. The van der Waals surface area contributed by atoms with Crippen LogP contribution in [0.25, 0.3) is 21.0 Å². The monoisotopic (exact) mass is 573 g/mol. The van der Waals surface area contributed by atoms with E-state index < -0.39 is 27.7 Å². The van der Waals surface area contributed by atoms with Gasteiger partial charge in [0.25, 0.3) is 0 Å². The average molecular weight is 574 g/mol. The number of aromatic nitrogens is 1. The van der Waals surface area contributed by atoms with Crippen LogP contribution in [0, 0.1) is 0 Å². The van der Waals surface area contributed by atoms with Gasteiger partial charge in [0.05, 0.1) is 15.9 Å². The molecule has 0 saturated carbocycles. The van der Waals surface area contributed by atoms with E-state index in [1.165, 1.54) is 17.4 Å². The van der Waals surface area contributed by atoms with Crippen molar-refractivity contribution in [2.75, 3.05) is 10.6 Å². The molecule has 0 saturated heterocycles. The van der Waals surface area contributed by atoms with Crippen molar-refractivity contribution in [1.29, 1.82) is 0 Å². The lowest BCUT2D eigenvalue weighted by Gasteiger charge is -2.22. The third-order valence-electron chi connectivity index (χ3n) is 4.88. The number of benzene rings is 2. The first kappa shape index (κ1) is 30.1. The number of carbonyl (C=O) groups excluding carboxylic acids is 2. The van der Waals surface area contributed by atoms with E-state index in [9.17, 15) is 18.0 Å². The van der Waals surface area contributed by atoms with Crippen LogP contribution in [0.4, 0.5) is 21.0 Å². The zero-order chi connectivity index (χ0) is 29.0. The van der Waals surface area contributed by atoms with Crippen LogP contribution in [0.1, 0.15) is 48.5 Å². The average Bonchev–Trinajstić information content (AvgIpc) is 3.27. The number of rotatable bonds is 8. The molecule has 0 aliphatic heterocycles. The molecule has 0 aliphatic rings. The smallest absolute Gasteiger partial charge is 0.411 e. The number of ether oxygens (including phenoxy) is 1. The summed E-state index contributed by atoms with van der Waals surface area (Å²) in [6.07, 6.45) is 0.856. The van der Waals surface area contributed by atoms with Crippen molar-refractivity contribution in [3.8, 4) is 21.0 Å². The predicted octanol–water partition coefficient (Wildman–Crippen LogP) is 6.04. The van der Waals surface area contributed by atoms with Crippen molar-refractivity contribution in [3.05, 3.63) is 48.7 Å². The molecule has 0 spiro atoms. The van der Waals surface area contributed by atoms with Gasteiger partial charge in [-0.15, -0.1) is 11.3 Å². The van der Waals surface area contributed by atoms with Crippen LogP contribution >= 0.6 is 11.3 Å². The lowest BCUT2D eigenvalue weighted by molar-refractivity contribution is 0.130. The maximum Gasteiger partial charge on any atom is 0.411 e. The third kappa shape index (κ3) is 8.77. The Morgan fingerprint density at radius 3 is 2.18 bits per heavy atom. The Bertz CT molecular complexity index is 1430. The number of sulfonamides is 1. The normalized spacial score (nSPS) is 11.9. The second kappa shape index (κ2) is 12.1. The Morgan fingerprint density at radius 1 is 0.949 bits per heavy atom. The fourth-order valence-electron chi connectivity index (χ4n) is 3.50. The Morgan fingerprint density at radius 2 is 1.59 bits per heavy atom. The number of hydrogen-bond donors (Lipinski definition) is 4. The van der Waals surface area contributed by atoms with Crippen LogP contribution in [0.2, 0.25) is 0 Å². The molecule has 3 amide bonds. The number of hydrogen-bond acceptors (Lipinski definition) is 7. The molecule has 3 rings (SSSR count). The van der Waals surface area contributed by atoms with Crippen molar-refractivity contribution in [2.45, 2.75) is 71.0 Å². The first-order valence-electron chi connectivity index (χ1n) is 12.4. The molecule has 12 heteroatoms. The lowest BCUT2D eigenvalue weighted by atomic mass is 10.1. The fourth-order valence-corrected chi connectivity index (χ4v) is 6.19. The predicted molar refractivity (Wildman–Crippen MR) is 156 cm³/mol. The van der Waals surface area contributed by atoms with Gasteiger partial charge >= 0.3 is 12.1 Å². The molecule has 39 heavy (non-hydrogen) atoms. The molecule has 210 valence electrons. The van der Waals surface area contributed by atoms with Crippen molar-refractivity contribution < 1.29 is 22.7 Å². The molecule has 0 radical (unpaired) electrons. The maximum atomic E-state index is 13.4. The number of carbonyl (C=O) groups is 2. The molecular formula is C27H35N5O5S2. The van der Waals surface area contributed by atoms with Gasteiger partial charge in [0.2, 0.25) is 10.0 Å². The maximum absolute atomic E-state index is 13.4. The summed E-state index contributed by atoms with van der Waals surface area (Å²) < 4.78 is 34.6. The zero-order valence-corrected chi connectivity index (χ0v) is 24.7. The molecule has 0 aliphatic carbocycles. The lowest BCUT2D eigenvalue weighted by Crippen LogP contribution is -2.40. The standard InChI is InChI=1S/C27H35N5O5S2/c1-16(2)29-25(33)30-20-12-13-21(23(14-20)39(35,36)32-27(5,6)7)22-15-28-24(38-22)18-8-10-19(11-9-18)31-26(34)37-17(3)4/h8-17,32H,1-7H3,(H,31,34)(H2,29,30,33). The Hall–Kier alpha value is -3.48. The highest BCUT2D eigenvalue weighted by atomic mass is 32.2. The number of nitrogens with zero attached hydrogens (tertiary/aromatic N) is 1. The van der Waals surface area contributed by atoms with Crippen molar-refractivity contribution >= 4 is 44.9 Å². The molecule has 10 nitrogen and oxygen atoms in total. The number of thiazole rings is 1. The summed E-state index contributed by atoms with van der Waals surface area (Å²) in [5.74, 6) is 0. The van der Waals surface area contributed by atoms with Gasteiger partial charge in [-0.3, -0.25) is 5.32 Å². The largest absolute Gasteiger partial charge is 0.447 e. The molecule has 1 aromatic heterocycles. The molecule has 0 unspecified atom stereocenters. The SMILES string of the molecule is CC(C)NC(=O)Nc1ccc(-c2cnc(-c3ccc(NC(=O)OC(C)C)cc3)s2)c(S(=O)(=O)NC(C)(C)C)c1. The minimum atomic E-state index is -3.95. The van der Waals surface area contributed by atoms with Gasteiger partial charge in [-0.2, -0.15) is 0 Å². The van der Waals surface area contributed by atoms with Crippen LogP contribution in [0.3, 0.4) is 0 Å². The van der Waals surface area contributed by atoms with Crippen molar-refractivity contribution in [3.63, 3.8) is 0 Å². The quantitative estimate of drug-likeness (QED) is 0.259. The van der Waals surface area contributed by atoms with Crippen LogP contribution in [0.5, 0.6) is 0 Å². The van der Waals surface area contributed by atoms with Gasteiger partial charge in [-0.05, 0) is 84.9 Å². The molecule has 0 atom stereocenters. The number of anilines is 2. The topological polar surface area (TPSA) is 139 Å². The second-order valence-electron chi connectivity index (χ2n) is 10.5. The highest BCUT2D eigenvalue weighted by Crippen LogP contribution is 2.37. The minimum Gasteiger partial charge on any atom is -0.447 e. The summed E-state index contributed by atoms with van der Waals surface area (Å²) in [6.45, 7) is 12.5. The van der Waals surface area contributed by atoms with Crippen LogP contribution in [-0.4, -0.2) is 43.2 Å². The molecule has 1 heterocycles. The van der Waals surface area contributed by atoms with Gasteiger partial charge in [0, 0.05) is 40.3 Å². The Balaban J connectivity index is 1.94. The minimum absolute atomic E-state index is 0.0261. The van der Waals surface area contributed by atoms with Gasteiger partial charge in [-0.25, -0.2) is 27.7 Å². The summed E-state index contributed by atoms with van der Waals surface area (Å²) in [5.41, 5.74) is 1.46. The highest BCUT2D eigenvalue weighted by molar-refractivity contribution is 7.89. The van der Waals surface area contributed by atoms with E-state index in [0.29, 0.717) is 26.8 Å². The summed E-state index contributed by atoms with van der Waals surface area (Å²) in [4.78, 5) is 29.2. The van der Waals surface area contributed by atoms with E-state index in [-0.39, 0.29) is 17.0 Å². The molecular weight excluding hydrogens is 538 g/mol. The summed E-state index contributed by atoms with van der Waals surface area (Å²) in [7, 11) is -3.95. The van der Waals surface area contributed by atoms with Crippen LogP contribution < -0.4 is 20.7 Å². The fraction of sp³-hybridized carbons (Fsp3) is 0.370. The van der Waals surface area contributed by atoms with Gasteiger partial charge in [0.1, 0.15) is 5.01 Å². The van der Waals surface area contributed by atoms with Gasteiger partial charge < -0.3 is 15.4 Å². The molecule has 3 aromatic rings. The van der Waals surface area contributed by atoms with Crippen molar-refractivity contribution in [2.24, 2.45) is 0 Å². The molecule has 4 N–H and O–H groups in total. The first-order chi connectivity index (χ1) is 18.1. The van der Waals surface area contributed by atoms with E-state index >= 15 is 0 Å². The van der Waals surface area contributed by atoms with Crippen molar-refractivity contribution in [1.82, 2.24) is 15.0 Å². The molecule has 2 aromatic carbocycles. The van der Waals surface area contributed by atoms with E-state index in [1.54, 1.807) is 65.1 Å². The summed E-state index contributed by atoms with van der Waals surface area (Å²) in [6, 6.07) is 11.4. The van der Waals surface area contributed by atoms with Gasteiger partial charge in [-0.1, -0.05) is 6.07 Å². The number of urea groups is 1. The van der Waals surface area contributed by atoms with Crippen LogP contribution in [-0.2, 0) is 14.8 Å². The zero-order valence-electron chi connectivity index (χ0n) is 23.1. The second-order valence-corrected chi connectivity index (χ2v) is 13.2. The summed E-state index contributed by atoms with van der Waals surface area (Å²) in [5, 5.41) is 8.76. The Kier molecular flexibility index (Phi) is 9.36. The van der Waals surface area contributed by atoms with E-state index in [1.807, 2.05) is 26.0 Å². The third-order valence-corrected chi connectivity index (χ3v) is 7.76. The van der Waals surface area contributed by atoms with Gasteiger partial charge in [0.15, 0.2) is 0 Å². The highest BCUT2D eigenvalue weighted by Gasteiger charge is 2.26. The molecule has 0 bridgehead atoms. The number of nitrogens with one attached hydrogen (secondary N) is 4. The number of amides is 3. The van der Waals surface area contributed by atoms with E-state index in [2.05, 4.69) is 25.7 Å². The first-order valence-corrected chi connectivity index (χ1v) is 14.7. The van der Waals surface area contributed by atoms with E-state index in [4.69, 9.17) is 4.74 Å². The summed E-state index contributed by atoms with van der Waals surface area (Å²) >= 11 is 1.33. The van der Waals surface area contributed by atoms with E-state index in [0.717, 1.165) is 5.56 Å².